The van der Waals surface area contributed by atoms with Gasteiger partial charge < -0.3 is 4.90 Å². The molecule has 1 aliphatic heterocycles. The molecule has 0 saturated carbocycles. The predicted octanol–water partition coefficient (Wildman–Crippen LogP) is 2.74. The van der Waals surface area contributed by atoms with Crippen molar-refractivity contribution in [2.45, 2.75) is 88.2 Å². The average Bonchev–Trinajstić information content (AvgIpc) is 2.59. The molecule has 1 rings (SSSR count). The lowest BCUT2D eigenvalue weighted by Crippen LogP contribution is -2.58. The van der Waals surface area contributed by atoms with Gasteiger partial charge in [-0.2, -0.15) is 0 Å². The summed E-state index contributed by atoms with van der Waals surface area (Å²) in [7, 11) is 24.8. The minimum absolute atomic E-state index is 0.00225. The molecule has 3 atom stereocenters. The van der Waals surface area contributed by atoms with Gasteiger partial charge in [0.05, 0.1) is 31.4 Å². The van der Waals surface area contributed by atoms with E-state index in [1.807, 2.05) is 0 Å². The third kappa shape index (κ3) is 3.90. The van der Waals surface area contributed by atoms with E-state index in [0.717, 1.165) is 19.3 Å². The number of likely N-dealkylation sites (tertiary alicyclic amines) is 1. The van der Waals surface area contributed by atoms with Crippen LogP contribution in [0.3, 0.4) is 0 Å². The first-order valence-corrected chi connectivity index (χ1v) is 8.16. The van der Waals surface area contributed by atoms with Crippen LogP contribution in [-0.2, 0) is 0 Å². The second-order valence-corrected chi connectivity index (χ2v) is 6.75. The normalized spacial score (nSPS) is 29.4. The Labute approximate surface area is 131 Å². The monoisotopic (exact) mass is 265 g/mol. The maximum Gasteiger partial charge on any atom is 0.0818 e. The Balaban J connectivity index is 2.78. The highest BCUT2D eigenvalue weighted by molar-refractivity contribution is 6.45. The van der Waals surface area contributed by atoms with Gasteiger partial charge >= 0.3 is 0 Å². The van der Waals surface area contributed by atoms with Crippen LogP contribution in [0.5, 0.6) is 0 Å². The molecule has 8 radical (unpaired) electrons. The number of nitrogens with zero attached hydrogens (tertiary/aromatic N) is 1. The van der Waals surface area contributed by atoms with Gasteiger partial charge in [0, 0.05) is 5.54 Å². The lowest BCUT2D eigenvalue weighted by molar-refractivity contribution is 0.0815. The van der Waals surface area contributed by atoms with Gasteiger partial charge in [-0.15, -0.1) is 0 Å². The largest absolute Gasteiger partial charge is 0.310 e. The molecule has 3 unspecified atom stereocenters. The maximum absolute atomic E-state index is 6.30. The molecule has 0 aromatic heterocycles. The summed E-state index contributed by atoms with van der Waals surface area (Å²) in [5.41, 5.74) is -0.00225. The molecule has 0 N–H and O–H groups in total. The highest BCUT2D eigenvalue weighted by atomic mass is 15.3. The summed E-state index contributed by atoms with van der Waals surface area (Å²) in [5.74, 6) is -0.508. The van der Waals surface area contributed by atoms with Gasteiger partial charge in [0.25, 0.3) is 0 Å². The van der Waals surface area contributed by atoms with Gasteiger partial charge in [-0.25, -0.2) is 0 Å². The fraction of sp³-hybridized carbons (Fsp3) is 1.00. The molecule has 1 heterocycles. The predicted molar refractivity (Wildman–Crippen MR) is 92.0 cm³/mol. The van der Waals surface area contributed by atoms with Crippen LogP contribution in [0.2, 0.25) is 11.6 Å². The van der Waals surface area contributed by atoms with Crippen LogP contribution in [0.4, 0.5) is 0 Å². The minimum Gasteiger partial charge on any atom is -0.310 e. The maximum atomic E-state index is 6.30. The van der Waals surface area contributed by atoms with E-state index in [1.165, 1.54) is 25.7 Å². The van der Waals surface area contributed by atoms with Crippen molar-refractivity contribution >= 4 is 31.4 Å². The smallest absolute Gasteiger partial charge is 0.0818 e. The number of hydrogen-bond donors (Lipinski definition) is 0. The molecule has 5 heteroatoms. The quantitative estimate of drug-likeness (QED) is 0.481. The molecule has 1 nitrogen and oxygen atoms in total. The molecular formula is C15H27B4N. The van der Waals surface area contributed by atoms with Crippen LogP contribution < -0.4 is 0 Å². The zero-order chi connectivity index (χ0) is 15.4. The summed E-state index contributed by atoms with van der Waals surface area (Å²) >= 11 is 0. The Morgan fingerprint density at radius 2 is 1.70 bits per heavy atom. The van der Waals surface area contributed by atoms with E-state index >= 15 is 0 Å². The minimum atomic E-state index is -0.992. The van der Waals surface area contributed by atoms with Gasteiger partial charge in [-0.1, -0.05) is 62.9 Å². The van der Waals surface area contributed by atoms with Crippen molar-refractivity contribution in [3.63, 3.8) is 0 Å². The molecular weight excluding hydrogens is 237 g/mol. The van der Waals surface area contributed by atoms with Gasteiger partial charge in [-0.05, 0) is 26.3 Å². The van der Waals surface area contributed by atoms with Crippen LogP contribution in [0.1, 0.15) is 65.7 Å². The summed E-state index contributed by atoms with van der Waals surface area (Å²) in [6, 6.07) is 0. The molecule has 1 aliphatic rings. The van der Waals surface area contributed by atoms with Crippen molar-refractivity contribution in [3.05, 3.63) is 0 Å². The van der Waals surface area contributed by atoms with Crippen molar-refractivity contribution in [3.8, 4) is 0 Å². The molecule has 0 aromatic carbocycles. The first-order chi connectivity index (χ1) is 9.29. The third-order valence-electron chi connectivity index (χ3n) is 4.87. The van der Waals surface area contributed by atoms with Crippen molar-refractivity contribution in [2.24, 2.45) is 0 Å². The van der Waals surface area contributed by atoms with Gasteiger partial charge in [0.1, 0.15) is 0 Å². The first-order valence-electron chi connectivity index (χ1n) is 8.16. The Kier molecular flexibility index (Phi) is 6.83. The van der Waals surface area contributed by atoms with E-state index in [-0.39, 0.29) is 17.2 Å². The Morgan fingerprint density at radius 3 is 2.15 bits per heavy atom. The average molecular weight is 265 g/mol. The van der Waals surface area contributed by atoms with Crippen molar-refractivity contribution < 1.29 is 0 Å². The Bertz CT molecular complexity index is 298. The second-order valence-electron chi connectivity index (χ2n) is 6.75. The Hall–Kier alpha value is 0.220. The molecule has 1 fully saturated rings. The van der Waals surface area contributed by atoms with Crippen LogP contribution >= 0.6 is 0 Å². The molecule has 20 heavy (non-hydrogen) atoms. The molecule has 0 aliphatic carbocycles. The zero-order valence-corrected chi connectivity index (χ0v) is 13.6. The van der Waals surface area contributed by atoms with E-state index in [1.54, 1.807) is 0 Å². The van der Waals surface area contributed by atoms with Gasteiger partial charge in [0.2, 0.25) is 0 Å². The highest BCUT2D eigenvalue weighted by Crippen LogP contribution is 2.46. The van der Waals surface area contributed by atoms with Crippen LogP contribution in [-0.4, -0.2) is 53.7 Å². The van der Waals surface area contributed by atoms with Crippen molar-refractivity contribution in [1.29, 1.82) is 0 Å². The third-order valence-corrected chi connectivity index (χ3v) is 4.87. The molecule has 1 saturated heterocycles. The van der Waals surface area contributed by atoms with Crippen molar-refractivity contribution in [1.82, 2.24) is 4.90 Å². The topological polar surface area (TPSA) is 3.24 Å². The molecule has 0 bridgehead atoms. The number of hydrogen-bond acceptors (Lipinski definition) is 1. The summed E-state index contributed by atoms with van der Waals surface area (Å²) in [4.78, 5) is 2.17. The summed E-state index contributed by atoms with van der Waals surface area (Å²) < 4.78 is 0. The summed E-state index contributed by atoms with van der Waals surface area (Å²) in [6.45, 7) is 7.39. The van der Waals surface area contributed by atoms with E-state index in [9.17, 15) is 0 Å². The molecule has 0 amide bonds. The van der Waals surface area contributed by atoms with E-state index in [2.05, 4.69) is 25.7 Å². The summed E-state index contributed by atoms with van der Waals surface area (Å²) in [6.07, 6.45) is 8.32. The standard InChI is InChI=1S/C15H27B4N/c1-4-6-7-8-10-14(3,9-5-2)20-11-12(16)13(17)15(20,18)19/h12-13H,4-11H2,1-3H3. The van der Waals surface area contributed by atoms with Crippen LogP contribution in [0, 0.1) is 0 Å². The lowest BCUT2D eigenvalue weighted by atomic mass is 9.46. The van der Waals surface area contributed by atoms with Crippen molar-refractivity contribution in [2.75, 3.05) is 6.54 Å². The number of rotatable bonds is 8. The fourth-order valence-electron chi connectivity index (χ4n) is 3.56. The SMILES string of the molecule is [B]C1CN(C(C)(CCC)CCCCCC)C([B])([B])C1[B]. The molecule has 0 spiro atoms. The summed E-state index contributed by atoms with van der Waals surface area (Å²) in [5, 5.41) is -0.992. The molecule has 104 valence electrons. The number of unbranched alkanes of at least 4 members (excludes halogenated alkanes) is 3. The van der Waals surface area contributed by atoms with E-state index in [4.69, 9.17) is 31.4 Å². The second kappa shape index (κ2) is 7.47. The zero-order valence-electron chi connectivity index (χ0n) is 13.6. The molecule has 0 aromatic rings. The van der Waals surface area contributed by atoms with E-state index < -0.39 is 5.34 Å². The Morgan fingerprint density at radius 1 is 1.05 bits per heavy atom. The first kappa shape index (κ1) is 18.3. The van der Waals surface area contributed by atoms with Crippen LogP contribution in [0.15, 0.2) is 0 Å². The van der Waals surface area contributed by atoms with Gasteiger partial charge in [-0.3, -0.25) is 0 Å². The van der Waals surface area contributed by atoms with E-state index in [0.29, 0.717) is 6.54 Å². The fourth-order valence-corrected chi connectivity index (χ4v) is 3.56. The van der Waals surface area contributed by atoms with Crippen LogP contribution in [0.25, 0.3) is 0 Å². The van der Waals surface area contributed by atoms with Gasteiger partial charge in [0.15, 0.2) is 0 Å². The lowest BCUT2D eigenvalue weighted by Gasteiger charge is -2.49. The highest BCUT2D eigenvalue weighted by Gasteiger charge is 2.47.